The summed E-state index contributed by atoms with van der Waals surface area (Å²) in [6.45, 7) is 1.90. The molecule has 0 unspecified atom stereocenters. The highest BCUT2D eigenvalue weighted by atomic mass is 79.9. The first-order valence-electron chi connectivity index (χ1n) is 6.02. The van der Waals surface area contributed by atoms with Crippen molar-refractivity contribution in [1.29, 1.82) is 0 Å². The molecule has 0 saturated heterocycles. The number of methoxy groups -OCH3 is 1. The van der Waals surface area contributed by atoms with Crippen LogP contribution < -0.4 is 10.1 Å². The standard InChI is InChI=1S/C15H12Br2ClNO2/c1-8-3-10(16)7-13(21-2)14(8)19-15(20)9-4-11(17)6-12(18)5-9/h3-7H,1-2H3,(H,19,20). The first-order chi connectivity index (χ1) is 9.90. The van der Waals surface area contributed by atoms with Gasteiger partial charge in [-0.05, 0) is 42.8 Å². The zero-order chi connectivity index (χ0) is 15.6. The van der Waals surface area contributed by atoms with E-state index in [0.717, 1.165) is 14.5 Å². The Morgan fingerprint density at radius 2 is 1.81 bits per heavy atom. The number of ether oxygens (including phenoxy) is 1. The predicted molar refractivity (Wildman–Crippen MR) is 92.5 cm³/mol. The van der Waals surface area contributed by atoms with Crippen LogP contribution in [0, 0.1) is 6.92 Å². The number of halogens is 3. The van der Waals surface area contributed by atoms with Gasteiger partial charge in [-0.1, -0.05) is 43.5 Å². The Balaban J connectivity index is 2.35. The fourth-order valence-electron chi connectivity index (χ4n) is 1.90. The first kappa shape index (κ1) is 16.3. The number of benzene rings is 2. The van der Waals surface area contributed by atoms with E-state index in [2.05, 4.69) is 37.2 Å². The number of carbonyl (C=O) groups is 1. The average Bonchev–Trinajstić information content (AvgIpc) is 2.40. The molecule has 2 aromatic rings. The predicted octanol–water partition coefficient (Wildman–Crippen LogP) is 5.43. The minimum Gasteiger partial charge on any atom is -0.495 e. The van der Waals surface area contributed by atoms with E-state index in [9.17, 15) is 4.79 Å². The number of anilines is 1. The Kier molecular flexibility index (Phi) is 5.30. The molecule has 0 heterocycles. The quantitative estimate of drug-likeness (QED) is 0.701. The molecule has 0 radical (unpaired) electrons. The third kappa shape index (κ3) is 3.99. The lowest BCUT2D eigenvalue weighted by Gasteiger charge is -2.14. The fourth-order valence-corrected chi connectivity index (χ4v) is 3.32. The molecule has 0 bridgehead atoms. The van der Waals surface area contributed by atoms with Crippen molar-refractivity contribution in [2.75, 3.05) is 12.4 Å². The Morgan fingerprint density at radius 3 is 2.43 bits per heavy atom. The molecule has 21 heavy (non-hydrogen) atoms. The largest absolute Gasteiger partial charge is 0.495 e. The number of amides is 1. The highest BCUT2D eigenvalue weighted by Crippen LogP contribution is 2.32. The van der Waals surface area contributed by atoms with Gasteiger partial charge >= 0.3 is 0 Å². The molecule has 0 aliphatic rings. The van der Waals surface area contributed by atoms with Gasteiger partial charge in [-0.25, -0.2) is 0 Å². The van der Waals surface area contributed by atoms with Crippen LogP contribution in [0.4, 0.5) is 5.69 Å². The summed E-state index contributed by atoms with van der Waals surface area (Å²) >= 11 is 12.7. The molecule has 0 aliphatic carbocycles. The van der Waals surface area contributed by atoms with E-state index >= 15 is 0 Å². The first-order valence-corrected chi connectivity index (χ1v) is 7.98. The highest BCUT2D eigenvalue weighted by molar-refractivity contribution is 9.10. The molecule has 1 N–H and O–H groups in total. The summed E-state index contributed by atoms with van der Waals surface area (Å²) in [5.74, 6) is 0.346. The van der Waals surface area contributed by atoms with Gasteiger partial charge in [0.1, 0.15) is 5.75 Å². The zero-order valence-corrected chi connectivity index (χ0v) is 15.3. The summed E-state index contributed by atoms with van der Waals surface area (Å²) in [7, 11) is 1.56. The van der Waals surface area contributed by atoms with Crippen molar-refractivity contribution < 1.29 is 9.53 Å². The Bertz CT molecular complexity index is 684. The SMILES string of the molecule is COc1cc(Br)cc(C)c1NC(=O)c1cc(Cl)cc(Br)c1. The molecular formula is C15H12Br2ClNO2. The van der Waals surface area contributed by atoms with Crippen molar-refractivity contribution in [3.63, 3.8) is 0 Å². The Morgan fingerprint density at radius 1 is 1.14 bits per heavy atom. The molecule has 0 aliphatic heterocycles. The molecular weight excluding hydrogens is 421 g/mol. The monoisotopic (exact) mass is 431 g/mol. The van der Waals surface area contributed by atoms with Gasteiger partial charge < -0.3 is 10.1 Å². The van der Waals surface area contributed by atoms with E-state index in [1.165, 1.54) is 0 Å². The molecule has 0 aromatic heterocycles. The maximum Gasteiger partial charge on any atom is 0.255 e. The van der Waals surface area contributed by atoms with Crippen molar-refractivity contribution in [1.82, 2.24) is 0 Å². The van der Waals surface area contributed by atoms with Crippen molar-refractivity contribution in [3.05, 3.63) is 55.4 Å². The molecule has 2 aromatic carbocycles. The van der Waals surface area contributed by atoms with Gasteiger partial charge in [-0.15, -0.1) is 0 Å². The van der Waals surface area contributed by atoms with E-state index in [4.69, 9.17) is 16.3 Å². The molecule has 2 rings (SSSR count). The molecule has 110 valence electrons. The van der Waals surface area contributed by atoms with Gasteiger partial charge in [0.25, 0.3) is 5.91 Å². The van der Waals surface area contributed by atoms with Crippen LogP contribution in [0.25, 0.3) is 0 Å². The number of carbonyl (C=O) groups excluding carboxylic acids is 1. The molecule has 0 atom stereocenters. The smallest absolute Gasteiger partial charge is 0.255 e. The van der Waals surface area contributed by atoms with E-state index in [1.807, 2.05) is 13.0 Å². The van der Waals surface area contributed by atoms with Crippen molar-refractivity contribution in [2.24, 2.45) is 0 Å². The van der Waals surface area contributed by atoms with Gasteiger partial charge in [0, 0.05) is 19.5 Å². The summed E-state index contributed by atoms with van der Waals surface area (Å²) in [6, 6.07) is 8.76. The molecule has 0 saturated carbocycles. The maximum absolute atomic E-state index is 12.4. The second-order valence-electron chi connectivity index (χ2n) is 4.41. The van der Waals surface area contributed by atoms with Crippen LogP contribution >= 0.6 is 43.5 Å². The highest BCUT2D eigenvalue weighted by Gasteiger charge is 2.14. The molecule has 0 fully saturated rings. The van der Waals surface area contributed by atoms with Gasteiger partial charge in [0.15, 0.2) is 0 Å². The van der Waals surface area contributed by atoms with Crippen LogP contribution in [0.1, 0.15) is 15.9 Å². The second-order valence-corrected chi connectivity index (χ2v) is 6.68. The van der Waals surface area contributed by atoms with Crippen LogP contribution in [0.2, 0.25) is 5.02 Å². The van der Waals surface area contributed by atoms with E-state index in [0.29, 0.717) is 22.0 Å². The van der Waals surface area contributed by atoms with Gasteiger partial charge in [-0.3, -0.25) is 4.79 Å². The van der Waals surface area contributed by atoms with Crippen LogP contribution in [0.5, 0.6) is 5.75 Å². The summed E-state index contributed by atoms with van der Waals surface area (Å²) in [6.07, 6.45) is 0. The van der Waals surface area contributed by atoms with Gasteiger partial charge in [-0.2, -0.15) is 0 Å². The van der Waals surface area contributed by atoms with Crippen molar-refractivity contribution in [3.8, 4) is 5.75 Å². The van der Waals surface area contributed by atoms with Gasteiger partial charge in [0.2, 0.25) is 0 Å². The van der Waals surface area contributed by atoms with Gasteiger partial charge in [0.05, 0.1) is 12.8 Å². The number of nitrogens with one attached hydrogen (secondary N) is 1. The lowest BCUT2D eigenvalue weighted by molar-refractivity contribution is 0.102. The third-order valence-electron chi connectivity index (χ3n) is 2.85. The lowest BCUT2D eigenvalue weighted by Crippen LogP contribution is -2.13. The normalized spacial score (nSPS) is 10.3. The minimum absolute atomic E-state index is 0.248. The zero-order valence-electron chi connectivity index (χ0n) is 11.3. The van der Waals surface area contributed by atoms with E-state index in [-0.39, 0.29) is 5.91 Å². The number of rotatable bonds is 3. The van der Waals surface area contributed by atoms with Crippen molar-refractivity contribution in [2.45, 2.75) is 6.92 Å². The van der Waals surface area contributed by atoms with Crippen LogP contribution in [-0.4, -0.2) is 13.0 Å². The molecule has 1 amide bonds. The summed E-state index contributed by atoms with van der Waals surface area (Å²) in [4.78, 5) is 12.4. The fraction of sp³-hybridized carbons (Fsp3) is 0.133. The molecule has 3 nitrogen and oxygen atoms in total. The topological polar surface area (TPSA) is 38.3 Å². The number of hydrogen-bond acceptors (Lipinski definition) is 2. The summed E-state index contributed by atoms with van der Waals surface area (Å²) in [5.41, 5.74) is 2.01. The third-order valence-corrected chi connectivity index (χ3v) is 3.98. The summed E-state index contributed by atoms with van der Waals surface area (Å²) < 4.78 is 6.95. The second kappa shape index (κ2) is 6.81. The van der Waals surface area contributed by atoms with E-state index in [1.54, 1.807) is 31.4 Å². The lowest BCUT2D eigenvalue weighted by atomic mass is 10.1. The van der Waals surface area contributed by atoms with Crippen molar-refractivity contribution >= 4 is 55.1 Å². The van der Waals surface area contributed by atoms with Crippen LogP contribution in [0.3, 0.4) is 0 Å². The van der Waals surface area contributed by atoms with Crippen LogP contribution in [-0.2, 0) is 0 Å². The number of hydrogen-bond donors (Lipinski definition) is 1. The molecule has 0 spiro atoms. The van der Waals surface area contributed by atoms with Crippen LogP contribution in [0.15, 0.2) is 39.3 Å². The summed E-state index contributed by atoms with van der Waals surface area (Å²) in [5, 5.41) is 3.36. The number of aryl methyl sites for hydroxylation is 1. The minimum atomic E-state index is -0.248. The van der Waals surface area contributed by atoms with E-state index < -0.39 is 0 Å². The average molecular weight is 434 g/mol. The Labute approximate surface area is 144 Å². The Hall–Kier alpha value is -1.04. The molecule has 6 heteroatoms. The maximum atomic E-state index is 12.4.